The van der Waals surface area contributed by atoms with Crippen LogP contribution in [-0.4, -0.2) is 0 Å². The molecule has 5 aliphatic carbocycles. The van der Waals surface area contributed by atoms with Crippen molar-refractivity contribution in [2.24, 2.45) is 23.7 Å². The Hall–Kier alpha value is -6.96. The zero-order chi connectivity index (χ0) is 41.0. The van der Waals surface area contributed by atoms with Gasteiger partial charge in [-0.2, -0.15) is 0 Å². The van der Waals surface area contributed by atoms with Gasteiger partial charge in [-0.3, -0.25) is 0 Å². The van der Waals surface area contributed by atoms with E-state index in [0.717, 1.165) is 45.6 Å². The van der Waals surface area contributed by atoms with Crippen molar-refractivity contribution in [3.63, 3.8) is 0 Å². The quantitative estimate of drug-likeness (QED) is 0.162. The Labute approximate surface area is 366 Å². The number of furan rings is 1. The smallest absolute Gasteiger partial charge is 0.136 e. The standard InChI is InChI=1S/C62H44O/c1-2-12-39-33-57-55(32-38(39)11-1)47-25-23-40(34-56(47)62(57)42-28-36-27-37(30-42)31-43(62)29-36)44-18-9-20-46-45(44)19-10-21-50(46)61-53-16-5-3-14-51(53)60(52-15-4-6-17-54(52)61)41-24-26-49-48-13-7-8-22-58(48)63-59(49)35-41/h1-26,32-37,42-43H,27-31H2. The molecule has 0 aliphatic heterocycles. The first-order valence-corrected chi connectivity index (χ1v) is 23.2. The topological polar surface area (TPSA) is 13.1 Å². The Morgan fingerprint density at radius 2 is 0.873 bits per heavy atom. The first kappa shape index (κ1) is 34.6. The fourth-order valence-corrected chi connectivity index (χ4v) is 14.4. The zero-order valence-electron chi connectivity index (χ0n) is 35.1. The Bertz CT molecular complexity index is 3680. The lowest BCUT2D eigenvalue weighted by Gasteiger charge is -2.61. The van der Waals surface area contributed by atoms with Crippen molar-refractivity contribution in [1.82, 2.24) is 0 Å². The molecule has 0 unspecified atom stereocenters. The molecule has 0 atom stereocenters. The number of fused-ring (bicyclic) bond motifs is 10. The third kappa shape index (κ3) is 4.62. The van der Waals surface area contributed by atoms with Crippen LogP contribution in [0.5, 0.6) is 0 Å². The van der Waals surface area contributed by atoms with Crippen molar-refractivity contribution >= 4 is 65.0 Å². The van der Waals surface area contributed by atoms with Crippen molar-refractivity contribution in [2.45, 2.75) is 37.5 Å². The molecule has 4 bridgehead atoms. The molecule has 1 nitrogen and oxygen atoms in total. The molecular formula is C62H44O. The molecule has 1 heteroatoms. The lowest BCUT2D eigenvalue weighted by molar-refractivity contribution is -0.0398. The van der Waals surface area contributed by atoms with Gasteiger partial charge in [-0.25, -0.2) is 0 Å². The van der Waals surface area contributed by atoms with E-state index in [0.29, 0.717) is 0 Å². The van der Waals surface area contributed by atoms with Gasteiger partial charge in [0.05, 0.1) is 0 Å². The van der Waals surface area contributed by atoms with Crippen LogP contribution < -0.4 is 0 Å². The van der Waals surface area contributed by atoms with Gasteiger partial charge in [0.15, 0.2) is 0 Å². The van der Waals surface area contributed by atoms with Gasteiger partial charge < -0.3 is 4.42 Å². The maximum absolute atomic E-state index is 6.44. The Kier molecular flexibility index (Phi) is 6.91. The number of hydrogen-bond donors (Lipinski definition) is 0. The molecule has 16 rings (SSSR count). The summed E-state index contributed by atoms with van der Waals surface area (Å²) < 4.78 is 6.44. The van der Waals surface area contributed by atoms with E-state index in [4.69, 9.17) is 4.42 Å². The molecule has 0 radical (unpaired) electrons. The number of hydrogen-bond acceptors (Lipinski definition) is 1. The van der Waals surface area contributed by atoms with Crippen LogP contribution in [0.4, 0.5) is 0 Å². The lowest BCUT2D eigenvalue weighted by atomic mass is 9.43. The molecule has 298 valence electrons. The van der Waals surface area contributed by atoms with Gasteiger partial charge in [0.25, 0.3) is 0 Å². The van der Waals surface area contributed by atoms with Crippen LogP contribution in [0, 0.1) is 23.7 Å². The third-order valence-electron chi connectivity index (χ3n) is 16.6. The van der Waals surface area contributed by atoms with Crippen LogP contribution in [0.2, 0.25) is 0 Å². The molecule has 5 aliphatic rings. The molecule has 4 saturated carbocycles. The maximum atomic E-state index is 6.44. The largest absolute Gasteiger partial charge is 0.456 e. The van der Waals surface area contributed by atoms with Crippen LogP contribution in [-0.2, 0) is 5.41 Å². The van der Waals surface area contributed by atoms with Crippen LogP contribution in [0.1, 0.15) is 43.2 Å². The monoisotopic (exact) mass is 804 g/mol. The summed E-state index contributed by atoms with van der Waals surface area (Å²) in [5, 5.41) is 12.7. The molecule has 10 aromatic carbocycles. The van der Waals surface area contributed by atoms with Gasteiger partial charge in [-0.05, 0) is 191 Å². The minimum absolute atomic E-state index is 0.0996. The summed E-state index contributed by atoms with van der Waals surface area (Å²) in [5.41, 5.74) is 15.8. The van der Waals surface area contributed by atoms with Crippen LogP contribution >= 0.6 is 0 Å². The van der Waals surface area contributed by atoms with Crippen molar-refractivity contribution in [3.8, 4) is 44.5 Å². The first-order chi connectivity index (χ1) is 31.2. The second-order valence-corrected chi connectivity index (χ2v) is 19.5. The van der Waals surface area contributed by atoms with E-state index in [9.17, 15) is 0 Å². The molecule has 1 heterocycles. The molecule has 1 aromatic heterocycles. The second-order valence-electron chi connectivity index (χ2n) is 19.5. The van der Waals surface area contributed by atoms with E-state index in [-0.39, 0.29) is 5.41 Å². The SMILES string of the molecule is c1ccc2cc3c(cc2c1)-c1ccc(-c2cccc4c(-c5c6ccccc6c(-c6ccc7c(c6)oc6ccccc67)c6ccccc56)cccc24)cc1C31C2CC3CC(C2)CC1C3. The molecule has 1 spiro atoms. The fourth-order valence-electron chi connectivity index (χ4n) is 14.4. The highest BCUT2D eigenvalue weighted by Crippen LogP contribution is 2.70. The van der Waals surface area contributed by atoms with E-state index in [1.54, 1.807) is 11.1 Å². The third-order valence-corrected chi connectivity index (χ3v) is 16.6. The van der Waals surface area contributed by atoms with Gasteiger partial charge in [-0.1, -0.05) is 146 Å². The van der Waals surface area contributed by atoms with Crippen molar-refractivity contribution in [2.75, 3.05) is 0 Å². The molecule has 0 saturated heterocycles. The summed E-state index contributed by atoms with van der Waals surface area (Å²) in [5.74, 6) is 3.25. The predicted octanol–water partition coefficient (Wildman–Crippen LogP) is 16.9. The molecular weight excluding hydrogens is 761 g/mol. The van der Waals surface area contributed by atoms with Crippen LogP contribution in [0.3, 0.4) is 0 Å². The highest BCUT2D eigenvalue weighted by molar-refractivity contribution is 6.24. The lowest BCUT2D eigenvalue weighted by Crippen LogP contribution is -2.55. The first-order valence-electron chi connectivity index (χ1n) is 23.2. The molecule has 11 aromatic rings. The van der Waals surface area contributed by atoms with Crippen molar-refractivity contribution in [1.29, 1.82) is 0 Å². The Morgan fingerprint density at radius 3 is 1.59 bits per heavy atom. The van der Waals surface area contributed by atoms with E-state index in [2.05, 4.69) is 176 Å². The van der Waals surface area contributed by atoms with Crippen LogP contribution in [0.25, 0.3) is 110 Å². The minimum atomic E-state index is 0.0996. The Morgan fingerprint density at radius 1 is 0.333 bits per heavy atom. The molecule has 63 heavy (non-hydrogen) atoms. The van der Waals surface area contributed by atoms with Crippen molar-refractivity contribution in [3.05, 3.63) is 193 Å². The molecule has 0 N–H and O–H groups in total. The number of para-hydroxylation sites is 1. The summed E-state index contributed by atoms with van der Waals surface area (Å²) in [6, 6.07) is 69.1. The summed E-state index contributed by atoms with van der Waals surface area (Å²) in [7, 11) is 0. The average Bonchev–Trinajstić information content (AvgIpc) is 3.83. The summed E-state index contributed by atoms with van der Waals surface area (Å²) >= 11 is 0. The molecule has 0 amide bonds. The Balaban J connectivity index is 0.932. The van der Waals surface area contributed by atoms with Gasteiger partial charge in [0.1, 0.15) is 11.2 Å². The van der Waals surface area contributed by atoms with E-state index >= 15 is 0 Å². The van der Waals surface area contributed by atoms with Gasteiger partial charge in [0, 0.05) is 16.2 Å². The normalized spacial score (nSPS) is 22.0. The van der Waals surface area contributed by atoms with Gasteiger partial charge in [-0.15, -0.1) is 0 Å². The average molecular weight is 805 g/mol. The van der Waals surface area contributed by atoms with E-state index in [1.165, 1.54) is 120 Å². The molecule has 4 fully saturated rings. The zero-order valence-corrected chi connectivity index (χ0v) is 35.1. The maximum Gasteiger partial charge on any atom is 0.136 e. The summed E-state index contributed by atoms with van der Waals surface area (Å²) in [6.07, 6.45) is 7.00. The van der Waals surface area contributed by atoms with Gasteiger partial charge >= 0.3 is 0 Å². The second kappa shape index (κ2) is 12.6. The predicted molar refractivity (Wildman–Crippen MR) is 263 cm³/mol. The number of rotatable bonds is 3. The van der Waals surface area contributed by atoms with Gasteiger partial charge in [0.2, 0.25) is 0 Å². The highest BCUT2D eigenvalue weighted by atomic mass is 16.3. The minimum Gasteiger partial charge on any atom is -0.456 e. The highest BCUT2D eigenvalue weighted by Gasteiger charge is 2.61. The van der Waals surface area contributed by atoms with E-state index in [1.807, 2.05) is 6.07 Å². The summed E-state index contributed by atoms with van der Waals surface area (Å²) in [6.45, 7) is 0. The fraction of sp³-hybridized carbons (Fsp3) is 0.161. The van der Waals surface area contributed by atoms with Crippen LogP contribution in [0.15, 0.2) is 186 Å². The van der Waals surface area contributed by atoms with E-state index < -0.39 is 0 Å². The number of benzene rings is 10. The summed E-state index contributed by atoms with van der Waals surface area (Å²) in [4.78, 5) is 0. The van der Waals surface area contributed by atoms with Crippen molar-refractivity contribution < 1.29 is 4.42 Å².